The monoisotopic (exact) mass is 668 g/mol. The zero-order chi connectivity index (χ0) is 35.3. The Morgan fingerprint density at radius 3 is 0.957 bits per heavy atom. The fourth-order valence-corrected chi connectivity index (χ4v) is 5.02. The van der Waals surface area contributed by atoms with E-state index >= 15 is 0 Å². The molecule has 0 atom stereocenters. The van der Waals surface area contributed by atoms with Gasteiger partial charge in [-0.05, 0) is 64.2 Å². The lowest BCUT2D eigenvalue weighted by molar-refractivity contribution is -0.138. The average molecular weight is 668 g/mol. The highest BCUT2D eigenvalue weighted by Gasteiger charge is 1.97. The van der Waals surface area contributed by atoms with E-state index in [4.69, 9.17) is 21.7 Å². The van der Waals surface area contributed by atoms with Crippen molar-refractivity contribution in [2.45, 2.75) is 194 Å². The van der Waals surface area contributed by atoms with Crippen molar-refractivity contribution in [1.82, 2.24) is 5.32 Å². The third-order valence-electron chi connectivity index (χ3n) is 7.95. The molecule has 7 N–H and O–H groups in total. The molecular weight excluding hydrogens is 586 g/mol. The molecule has 0 rings (SSSR count). The number of rotatable bonds is 34. The number of allylic oxidation sites excluding steroid dienone is 4. The van der Waals surface area contributed by atoms with E-state index in [-0.39, 0.29) is 0 Å². The van der Waals surface area contributed by atoms with Crippen LogP contribution < -0.4 is 16.8 Å². The number of nitrogens with one attached hydrogen (secondary N) is 1. The van der Waals surface area contributed by atoms with E-state index in [9.17, 15) is 9.59 Å². The van der Waals surface area contributed by atoms with E-state index in [2.05, 4.69) is 43.5 Å². The lowest BCUT2D eigenvalue weighted by Crippen LogP contribution is -2.27. The first-order valence-electron chi connectivity index (χ1n) is 19.8. The molecule has 0 aromatic rings. The summed E-state index contributed by atoms with van der Waals surface area (Å²) in [5.74, 6) is -1.33. The molecule has 0 radical (unpaired) electrons. The highest BCUT2D eigenvalue weighted by Crippen LogP contribution is 2.11. The fourth-order valence-electron chi connectivity index (χ4n) is 5.02. The van der Waals surface area contributed by atoms with Gasteiger partial charge < -0.3 is 27.0 Å². The number of hydrogen-bond acceptors (Lipinski definition) is 5. The lowest BCUT2D eigenvalue weighted by atomic mass is 10.1. The summed E-state index contributed by atoms with van der Waals surface area (Å²) in [4.78, 5) is 20.6. The van der Waals surface area contributed by atoms with Crippen LogP contribution in [-0.4, -0.2) is 48.3 Å². The Morgan fingerprint density at radius 1 is 0.447 bits per heavy atom. The molecule has 0 aromatic carbocycles. The molecule has 7 heteroatoms. The van der Waals surface area contributed by atoms with Crippen LogP contribution in [0.1, 0.15) is 194 Å². The van der Waals surface area contributed by atoms with Gasteiger partial charge in [0.05, 0.1) is 0 Å². The first kappa shape index (κ1) is 49.7. The Balaban J connectivity index is -0.000000685. The van der Waals surface area contributed by atoms with Crippen molar-refractivity contribution < 1.29 is 19.8 Å². The van der Waals surface area contributed by atoms with Crippen LogP contribution in [-0.2, 0) is 9.59 Å². The normalized spacial score (nSPS) is 11.0. The van der Waals surface area contributed by atoms with Gasteiger partial charge in [-0.25, -0.2) is 0 Å². The molecule has 0 spiro atoms. The summed E-state index contributed by atoms with van der Waals surface area (Å²) in [6, 6.07) is 0. The topological polar surface area (TPSA) is 139 Å². The molecule has 0 aliphatic carbocycles. The summed E-state index contributed by atoms with van der Waals surface area (Å²) in [5, 5.41) is 20.1. The predicted molar refractivity (Wildman–Crippen MR) is 205 cm³/mol. The summed E-state index contributed by atoms with van der Waals surface area (Å²) >= 11 is 0. The van der Waals surface area contributed by atoms with Crippen molar-refractivity contribution in [1.29, 1.82) is 0 Å². The van der Waals surface area contributed by atoms with Crippen LogP contribution >= 0.6 is 0 Å². The molecule has 47 heavy (non-hydrogen) atoms. The summed E-state index contributed by atoms with van der Waals surface area (Å²) in [7, 11) is 0. The summed E-state index contributed by atoms with van der Waals surface area (Å²) in [6.45, 7) is 7.65. The number of aliphatic carboxylic acids is 2. The second kappa shape index (κ2) is 48.7. The standard InChI is InChI=1S/2C18H34O2.C4H13N3/c2*1-2-3-4-5-6-7-8-9-10-11-12-13-14-15-16-17-18(19)20;5-1-3-7-4-2-6/h2*9-10H,2-8,11-17H2,1H3,(H,19,20);7H,1-6H2/b2*10-9-;. The first-order valence-corrected chi connectivity index (χ1v) is 19.8. The minimum atomic E-state index is -0.664. The van der Waals surface area contributed by atoms with Gasteiger partial charge in [0, 0.05) is 39.0 Å². The number of carbonyl (C=O) groups is 2. The molecule has 0 aliphatic heterocycles. The molecule has 0 aliphatic rings. The number of hydrogen-bond donors (Lipinski definition) is 5. The number of nitrogens with two attached hydrogens (primary N) is 2. The number of unbranched alkanes of at least 4 members (excludes halogenated alkanes) is 22. The van der Waals surface area contributed by atoms with Crippen molar-refractivity contribution in [2.75, 3.05) is 26.2 Å². The van der Waals surface area contributed by atoms with Crippen molar-refractivity contribution in [3.05, 3.63) is 24.3 Å². The Morgan fingerprint density at radius 2 is 0.702 bits per heavy atom. The zero-order valence-corrected chi connectivity index (χ0v) is 31.3. The van der Waals surface area contributed by atoms with E-state index in [1.165, 1.54) is 141 Å². The van der Waals surface area contributed by atoms with E-state index in [0.29, 0.717) is 25.9 Å². The van der Waals surface area contributed by atoms with Crippen LogP contribution in [0.4, 0.5) is 0 Å². The Kier molecular flexibility index (Phi) is 51.5. The third kappa shape index (κ3) is 60.2. The summed E-state index contributed by atoms with van der Waals surface area (Å²) in [6.07, 6.45) is 42.5. The van der Waals surface area contributed by atoms with Crippen molar-refractivity contribution >= 4 is 11.9 Å². The highest BCUT2D eigenvalue weighted by molar-refractivity contribution is 5.66. The smallest absolute Gasteiger partial charge is 0.303 e. The molecule has 7 nitrogen and oxygen atoms in total. The summed E-state index contributed by atoms with van der Waals surface area (Å²) in [5.41, 5.74) is 10.3. The van der Waals surface area contributed by atoms with Gasteiger partial charge >= 0.3 is 11.9 Å². The second-order valence-corrected chi connectivity index (χ2v) is 12.8. The van der Waals surface area contributed by atoms with Crippen molar-refractivity contribution in [3.8, 4) is 0 Å². The Hall–Kier alpha value is -1.70. The van der Waals surface area contributed by atoms with E-state index in [0.717, 1.165) is 38.8 Å². The maximum absolute atomic E-state index is 10.3. The van der Waals surface area contributed by atoms with Gasteiger partial charge in [-0.3, -0.25) is 9.59 Å². The van der Waals surface area contributed by atoms with Gasteiger partial charge in [0.1, 0.15) is 0 Å². The molecule has 0 amide bonds. The molecule has 0 unspecified atom stereocenters. The van der Waals surface area contributed by atoms with E-state index < -0.39 is 11.9 Å². The van der Waals surface area contributed by atoms with Crippen LogP contribution in [0.15, 0.2) is 24.3 Å². The van der Waals surface area contributed by atoms with Gasteiger partial charge in [-0.1, -0.05) is 141 Å². The highest BCUT2D eigenvalue weighted by atomic mass is 16.4. The largest absolute Gasteiger partial charge is 0.481 e. The molecule has 0 bridgehead atoms. The van der Waals surface area contributed by atoms with E-state index in [1.807, 2.05) is 0 Å². The fraction of sp³-hybridized carbons (Fsp3) is 0.850. The van der Waals surface area contributed by atoms with Gasteiger partial charge in [-0.15, -0.1) is 0 Å². The van der Waals surface area contributed by atoms with Gasteiger partial charge in [0.15, 0.2) is 0 Å². The third-order valence-corrected chi connectivity index (χ3v) is 7.95. The quantitative estimate of drug-likeness (QED) is 0.0340. The predicted octanol–water partition coefficient (Wildman–Crippen LogP) is 10.7. The van der Waals surface area contributed by atoms with Crippen LogP contribution in [0.25, 0.3) is 0 Å². The maximum Gasteiger partial charge on any atom is 0.303 e. The zero-order valence-electron chi connectivity index (χ0n) is 31.3. The number of carboxylic acids is 2. The lowest BCUT2D eigenvalue weighted by Gasteiger charge is -1.99. The van der Waals surface area contributed by atoms with Gasteiger partial charge in [0.2, 0.25) is 0 Å². The Labute approximate surface area is 292 Å². The van der Waals surface area contributed by atoms with Crippen molar-refractivity contribution in [3.63, 3.8) is 0 Å². The molecule has 280 valence electrons. The summed E-state index contributed by atoms with van der Waals surface area (Å²) < 4.78 is 0. The SMILES string of the molecule is CCCCCCCC/C=C\CCCCCCCC(=O)O.CCCCCCCC/C=C\CCCCCCCC(=O)O.NCCNCCN. The minimum Gasteiger partial charge on any atom is -0.481 e. The first-order chi connectivity index (χ1) is 23.0. The molecule has 0 aromatic heterocycles. The molecule has 0 heterocycles. The minimum absolute atomic E-state index is 0.332. The van der Waals surface area contributed by atoms with Crippen LogP contribution in [0.3, 0.4) is 0 Å². The van der Waals surface area contributed by atoms with Crippen LogP contribution in [0, 0.1) is 0 Å². The van der Waals surface area contributed by atoms with Crippen molar-refractivity contribution in [2.24, 2.45) is 11.5 Å². The van der Waals surface area contributed by atoms with E-state index in [1.54, 1.807) is 0 Å². The molecule has 0 saturated heterocycles. The molecule has 0 saturated carbocycles. The van der Waals surface area contributed by atoms with Gasteiger partial charge in [-0.2, -0.15) is 0 Å². The number of carboxylic acid groups (broad SMARTS) is 2. The Bertz CT molecular complexity index is 601. The average Bonchev–Trinajstić information content (AvgIpc) is 3.05. The van der Waals surface area contributed by atoms with Gasteiger partial charge in [0.25, 0.3) is 0 Å². The van der Waals surface area contributed by atoms with Crippen LogP contribution in [0.5, 0.6) is 0 Å². The maximum atomic E-state index is 10.3. The second-order valence-electron chi connectivity index (χ2n) is 12.8. The van der Waals surface area contributed by atoms with Crippen LogP contribution in [0.2, 0.25) is 0 Å². The molecule has 0 fully saturated rings. The molecular formula is C40H81N3O4.